The van der Waals surface area contributed by atoms with E-state index in [1.54, 1.807) is 30.3 Å². The van der Waals surface area contributed by atoms with Gasteiger partial charge in [-0.2, -0.15) is 0 Å². The van der Waals surface area contributed by atoms with Crippen LogP contribution in [0.25, 0.3) is 0 Å². The van der Waals surface area contributed by atoms with Gasteiger partial charge in [0.15, 0.2) is 0 Å². The highest BCUT2D eigenvalue weighted by Gasteiger charge is 2.36. The van der Waals surface area contributed by atoms with Gasteiger partial charge < -0.3 is 15.0 Å². The Morgan fingerprint density at radius 2 is 1.91 bits per heavy atom. The lowest BCUT2D eigenvalue weighted by Gasteiger charge is -2.32. The molecule has 0 aromatic heterocycles. The quantitative estimate of drug-likeness (QED) is 0.483. The number of halogens is 1. The van der Waals surface area contributed by atoms with Gasteiger partial charge in [-0.3, -0.25) is 14.5 Å². The number of imide groups is 1. The number of hydrogen-bond donors (Lipinski definition) is 1. The summed E-state index contributed by atoms with van der Waals surface area (Å²) in [6.45, 7) is 0.540. The number of piperazine rings is 1. The molecule has 0 saturated carbocycles. The van der Waals surface area contributed by atoms with Gasteiger partial charge in [0.2, 0.25) is 0 Å². The fraction of sp³-hybridized carbons (Fsp3) is 0.333. The van der Waals surface area contributed by atoms with Crippen LogP contribution in [-0.4, -0.2) is 59.4 Å². The molecule has 4 amide bonds. The normalized spacial score (nSPS) is 16.2. The lowest BCUT2D eigenvalue weighted by atomic mass is 10.1. The Labute approximate surface area is 138 Å². The zero-order chi connectivity index (χ0) is 16.8. The summed E-state index contributed by atoms with van der Waals surface area (Å²) >= 11 is 5.57. The van der Waals surface area contributed by atoms with E-state index >= 15 is 0 Å². The summed E-state index contributed by atoms with van der Waals surface area (Å²) in [7, 11) is 0. The van der Waals surface area contributed by atoms with E-state index in [1.165, 1.54) is 4.90 Å². The maximum Gasteiger partial charge on any atom is 0.325 e. The highest BCUT2D eigenvalue weighted by Crippen LogP contribution is 2.12. The van der Waals surface area contributed by atoms with Crippen LogP contribution in [0.4, 0.5) is 4.79 Å². The number of nitrogens with one attached hydrogen (secondary N) is 1. The third-order valence-electron chi connectivity index (χ3n) is 3.48. The molecule has 1 aliphatic heterocycles. The summed E-state index contributed by atoms with van der Waals surface area (Å²) in [5, 5.41) is 2.45. The van der Waals surface area contributed by atoms with Gasteiger partial charge in [0, 0.05) is 25.5 Å². The van der Waals surface area contributed by atoms with Crippen molar-refractivity contribution in [3.05, 3.63) is 35.9 Å². The van der Waals surface area contributed by atoms with Crippen molar-refractivity contribution < 1.29 is 19.2 Å². The number of aldehydes is 1. The summed E-state index contributed by atoms with van der Waals surface area (Å²) in [5.74, 6) is -1.47. The lowest BCUT2D eigenvalue weighted by Crippen LogP contribution is -2.58. The molecule has 1 fully saturated rings. The summed E-state index contributed by atoms with van der Waals surface area (Å²) in [6.07, 6.45) is 0.573. The predicted octanol–water partition coefficient (Wildman–Crippen LogP) is 0.546. The van der Waals surface area contributed by atoms with Crippen molar-refractivity contribution >= 4 is 35.7 Å². The molecule has 7 nitrogen and oxygen atoms in total. The minimum atomic E-state index is -0.920. The molecule has 1 aromatic carbocycles. The highest BCUT2D eigenvalue weighted by atomic mass is 35.5. The summed E-state index contributed by atoms with van der Waals surface area (Å²) in [5.41, 5.74) is 0.593. The summed E-state index contributed by atoms with van der Waals surface area (Å²) in [6, 6.07) is 6.97. The molecule has 122 valence electrons. The van der Waals surface area contributed by atoms with E-state index in [4.69, 9.17) is 11.6 Å². The number of urea groups is 1. The van der Waals surface area contributed by atoms with Crippen molar-refractivity contribution in [1.29, 1.82) is 0 Å². The van der Waals surface area contributed by atoms with Crippen molar-refractivity contribution in [2.45, 2.75) is 6.04 Å². The Bertz CT molecular complexity index is 608. The third kappa shape index (κ3) is 3.87. The van der Waals surface area contributed by atoms with E-state index in [0.29, 0.717) is 11.8 Å². The Balaban J connectivity index is 2.04. The molecule has 23 heavy (non-hydrogen) atoms. The molecule has 1 aliphatic rings. The van der Waals surface area contributed by atoms with E-state index in [9.17, 15) is 19.2 Å². The molecule has 0 aliphatic carbocycles. The Morgan fingerprint density at radius 3 is 2.52 bits per heavy atom. The standard InChI is InChI=1S/C15H16ClN3O4/c16-6-7-18-8-9-19(14(22)13(18)21)15(23)17-12(10-20)11-4-2-1-3-5-11/h1-5,10,12H,6-9H2,(H,17,23). The van der Waals surface area contributed by atoms with Crippen LogP contribution in [0, 0.1) is 0 Å². The molecule has 1 atom stereocenters. The van der Waals surface area contributed by atoms with Gasteiger partial charge in [0.1, 0.15) is 12.3 Å². The van der Waals surface area contributed by atoms with Crippen molar-refractivity contribution in [1.82, 2.24) is 15.1 Å². The number of amides is 4. The van der Waals surface area contributed by atoms with E-state index in [0.717, 1.165) is 4.90 Å². The van der Waals surface area contributed by atoms with E-state index in [1.807, 2.05) is 0 Å². The Kier molecular flexibility index (Phi) is 5.70. The van der Waals surface area contributed by atoms with E-state index in [-0.39, 0.29) is 25.5 Å². The smallest absolute Gasteiger partial charge is 0.325 e. The SMILES string of the molecule is O=CC(NC(=O)N1CCN(CCCl)C(=O)C1=O)c1ccccc1. The molecule has 0 spiro atoms. The van der Waals surface area contributed by atoms with Crippen LogP contribution >= 0.6 is 11.6 Å². The van der Waals surface area contributed by atoms with Crippen LogP contribution < -0.4 is 5.32 Å². The zero-order valence-corrected chi connectivity index (χ0v) is 13.0. The van der Waals surface area contributed by atoms with Crippen molar-refractivity contribution in [2.24, 2.45) is 0 Å². The first-order valence-corrected chi connectivity index (χ1v) is 7.59. The van der Waals surface area contributed by atoms with Crippen LogP contribution in [0.3, 0.4) is 0 Å². The first-order valence-electron chi connectivity index (χ1n) is 7.06. The Hall–Kier alpha value is -2.41. The maximum atomic E-state index is 12.2. The maximum absolute atomic E-state index is 12.2. The first-order chi connectivity index (χ1) is 11.1. The Morgan fingerprint density at radius 1 is 1.22 bits per heavy atom. The molecule has 1 saturated heterocycles. The molecule has 1 N–H and O–H groups in total. The minimum Gasteiger partial charge on any atom is -0.331 e. The zero-order valence-electron chi connectivity index (χ0n) is 12.3. The van der Waals surface area contributed by atoms with Gasteiger partial charge in [-0.15, -0.1) is 11.6 Å². The number of carbonyl (C=O) groups is 4. The molecule has 0 radical (unpaired) electrons. The topological polar surface area (TPSA) is 86.8 Å². The van der Waals surface area contributed by atoms with Gasteiger partial charge in [0.05, 0.1) is 0 Å². The fourth-order valence-electron chi connectivity index (χ4n) is 2.25. The van der Waals surface area contributed by atoms with Crippen molar-refractivity contribution in [2.75, 3.05) is 25.5 Å². The average Bonchev–Trinajstić information content (AvgIpc) is 2.57. The highest BCUT2D eigenvalue weighted by molar-refractivity contribution is 6.38. The van der Waals surface area contributed by atoms with Gasteiger partial charge >= 0.3 is 17.8 Å². The molecular formula is C15H16ClN3O4. The number of hydrogen-bond acceptors (Lipinski definition) is 4. The minimum absolute atomic E-state index is 0.0632. The van der Waals surface area contributed by atoms with Gasteiger partial charge in [-0.25, -0.2) is 4.79 Å². The second-order valence-electron chi connectivity index (χ2n) is 4.91. The molecule has 8 heteroatoms. The molecule has 2 rings (SSSR count). The molecule has 0 bridgehead atoms. The third-order valence-corrected chi connectivity index (χ3v) is 3.65. The van der Waals surface area contributed by atoms with Gasteiger partial charge in [0.25, 0.3) is 0 Å². The van der Waals surface area contributed by atoms with E-state index < -0.39 is 23.9 Å². The summed E-state index contributed by atoms with van der Waals surface area (Å²) < 4.78 is 0. The second-order valence-corrected chi connectivity index (χ2v) is 5.29. The predicted molar refractivity (Wildman–Crippen MR) is 82.8 cm³/mol. The molecule has 1 unspecified atom stereocenters. The first kappa shape index (κ1) is 17.0. The van der Waals surface area contributed by atoms with Crippen LogP contribution in [0.1, 0.15) is 11.6 Å². The van der Waals surface area contributed by atoms with E-state index in [2.05, 4.69) is 5.32 Å². The monoisotopic (exact) mass is 337 g/mol. The number of carbonyl (C=O) groups excluding carboxylic acids is 4. The fourth-order valence-corrected chi connectivity index (χ4v) is 2.45. The van der Waals surface area contributed by atoms with Crippen LogP contribution in [-0.2, 0) is 14.4 Å². The second kappa shape index (κ2) is 7.73. The molecule has 1 aromatic rings. The number of alkyl halides is 1. The van der Waals surface area contributed by atoms with Crippen molar-refractivity contribution in [3.8, 4) is 0 Å². The van der Waals surface area contributed by atoms with Gasteiger partial charge in [-0.1, -0.05) is 30.3 Å². The largest absolute Gasteiger partial charge is 0.331 e. The number of rotatable bonds is 5. The van der Waals surface area contributed by atoms with Gasteiger partial charge in [-0.05, 0) is 5.56 Å². The van der Waals surface area contributed by atoms with Crippen LogP contribution in [0.15, 0.2) is 30.3 Å². The number of benzene rings is 1. The molecule has 1 heterocycles. The summed E-state index contributed by atoms with van der Waals surface area (Å²) in [4.78, 5) is 49.4. The van der Waals surface area contributed by atoms with Crippen LogP contribution in [0.5, 0.6) is 0 Å². The molecular weight excluding hydrogens is 322 g/mol. The van der Waals surface area contributed by atoms with Crippen molar-refractivity contribution in [3.63, 3.8) is 0 Å². The van der Waals surface area contributed by atoms with Crippen LogP contribution in [0.2, 0.25) is 0 Å². The number of nitrogens with zero attached hydrogens (tertiary/aromatic N) is 2. The average molecular weight is 338 g/mol. The lowest BCUT2D eigenvalue weighted by molar-refractivity contribution is -0.153.